The summed E-state index contributed by atoms with van der Waals surface area (Å²) in [6, 6.07) is 0.567. The number of hydrogen-bond donors (Lipinski definition) is 1. The van der Waals surface area contributed by atoms with Gasteiger partial charge in [-0.3, -0.25) is 0 Å². The van der Waals surface area contributed by atoms with Crippen molar-refractivity contribution in [3.63, 3.8) is 0 Å². The average Bonchev–Trinajstić information content (AvgIpc) is 2.92. The number of thioether (sulfide) groups is 2. The molecule has 2 aliphatic rings. The van der Waals surface area contributed by atoms with Gasteiger partial charge in [-0.1, -0.05) is 20.8 Å². The molecule has 1 aliphatic heterocycles. The SMILES string of the molecule is CCCNC1CCCc2nc(C3CSC(C)C(C)S3)sc21. The number of nitrogens with one attached hydrogen (secondary N) is 1. The van der Waals surface area contributed by atoms with E-state index in [0.29, 0.717) is 11.3 Å². The molecule has 0 radical (unpaired) electrons. The van der Waals surface area contributed by atoms with Crippen LogP contribution in [0.25, 0.3) is 0 Å². The monoisotopic (exact) mass is 342 g/mol. The fraction of sp³-hybridized carbons (Fsp3) is 0.812. The minimum atomic E-state index is 0.567. The van der Waals surface area contributed by atoms with Crippen LogP contribution in [0.4, 0.5) is 0 Å². The van der Waals surface area contributed by atoms with Crippen molar-refractivity contribution in [2.75, 3.05) is 12.3 Å². The highest BCUT2D eigenvalue weighted by atomic mass is 32.2. The molecule has 0 amide bonds. The van der Waals surface area contributed by atoms with Crippen molar-refractivity contribution in [3.8, 4) is 0 Å². The van der Waals surface area contributed by atoms with E-state index in [1.165, 1.54) is 42.1 Å². The van der Waals surface area contributed by atoms with Gasteiger partial charge in [-0.15, -0.1) is 23.1 Å². The Balaban J connectivity index is 1.75. The highest BCUT2D eigenvalue weighted by Gasteiger charge is 2.31. The van der Waals surface area contributed by atoms with Crippen LogP contribution in [0.1, 0.15) is 66.9 Å². The van der Waals surface area contributed by atoms with Crippen LogP contribution in [0.3, 0.4) is 0 Å². The predicted molar refractivity (Wildman–Crippen MR) is 97.8 cm³/mol. The van der Waals surface area contributed by atoms with Gasteiger partial charge in [0.2, 0.25) is 0 Å². The number of aryl methyl sites for hydroxylation is 1. The molecule has 4 atom stereocenters. The van der Waals surface area contributed by atoms with Crippen molar-refractivity contribution >= 4 is 34.9 Å². The maximum atomic E-state index is 5.04. The molecule has 2 nitrogen and oxygen atoms in total. The van der Waals surface area contributed by atoms with E-state index in [0.717, 1.165) is 17.0 Å². The van der Waals surface area contributed by atoms with Gasteiger partial charge in [0.1, 0.15) is 5.01 Å². The van der Waals surface area contributed by atoms with Crippen LogP contribution in [-0.2, 0) is 6.42 Å². The quantitative estimate of drug-likeness (QED) is 0.848. The van der Waals surface area contributed by atoms with Gasteiger partial charge in [-0.2, -0.15) is 11.8 Å². The second kappa shape index (κ2) is 7.24. The smallest absolute Gasteiger partial charge is 0.107 e. The normalized spacial score (nSPS) is 32.9. The van der Waals surface area contributed by atoms with Gasteiger partial charge in [0.15, 0.2) is 0 Å². The van der Waals surface area contributed by atoms with E-state index in [-0.39, 0.29) is 0 Å². The lowest BCUT2D eigenvalue weighted by Crippen LogP contribution is -2.24. The van der Waals surface area contributed by atoms with Gasteiger partial charge < -0.3 is 5.32 Å². The summed E-state index contributed by atoms with van der Waals surface area (Å²) in [5.74, 6) is 1.23. The first-order valence-corrected chi connectivity index (χ1v) is 11.0. The van der Waals surface area contributed by atoms with Crippen molar-refractivity contribution in [3.05, 3.63) is 15.6 Å². The van der Waals surface area contributed by atoms with E-state index in [9.17, 15) is 0 Å². The Hall–Kier alpha value is 0.290. The number of hydrogen-bond acceptors (Lipinski definition) is 5. The molecule has 0 spiro atoms. The molecule has 3 rings (SSSR count). The molecule has 0 saturated carbocycles. The lowest BCUT2D eigenvalue weighted by Gasteiger charge is -2.30. The molecule has 1 aromatic heterocycles. The first-order valence-electron chi connectivity index (χ1n) is 8.19. The Labute approximate surface area is 141 Å². The molecule has 21 heavy (non-hydrogen) atoms. The zero-order valence-electron chi connectivity index (χ0n) is 13.2. The van der Waals surface area contributed by atoms with Crippen LogP contribution in [0.5, 0.6) is 0 Å². The molecule has 2 heterocycles. The van der Waals surface area contributed by atoms with Gasteiger partial charge in [-0.05, 0) is 32.2 Å². The summed E-state index contributed by atoms with van der Waals surface area (Å²) < 4.78 is 0. The van der Waals surface area contributed by atoms with Crippen molar-refractivity contribution in [2.45, 2.75) is 68.2 Å². The minimum Gasteiger partial charge on any atom is -0.309 e. The van der Waals surface area contributed by atoms with Crippen LogP contribution >= 0.6 is 34.9 Å². The summed E-state index contributed by atoms with van der Waals surface area (Å²) in [5.41, 5.74) is 1.40. The van der Waals surface area contributed by atoms with Gasteiger partial charge in [0.25, 0.3) is 0 Å². The third-order valence-electron chi connectivity index (χ3n) is 4.43. The molecule has 1 N–H and O–H groups in total. The summed E-state index contributed by atoms with van der Waals surface area (Å²) >= 11 is 6.25. The van der Waals surface area contributed by atoms with Crippen molar-refractivity contribution < 1.29 is 0 Å². The maximum Gasteiger partial charge on any atom is 0.107 e. The lowest BCUT2D eigenvalue weighted by atomic mass is 9.98. The molecule has 1 aromatic rings. The maximum absolute atomic E-state index is 5.04. The van der Waals surface area contributed by atoms with Crippen LogP contribution in [0.2, 0.25) is 0 Å². The Morgan fingerprint density at radius 3 is 2.90 bits per heavy atom. The third kappa shape index (κ3) is 3.62. The molecule has 0 aromatic carbocycles. The summed E-state index contributed by atoms with van der Waals surface area (Å²) in [4.78, 5) is 6.58. The topological polar surface area (TPSA) is 24.9 Å². The average molecular weight is 343 g/mol. The van der Waals surface area contributed by atoms with Gasteiger partial charge in [0.05, 0.1) is 10.9 Å². The number of aromatic nitrogens is 1. The first-order chi connectivity index (χ1) is 10.2. The van der Waals surface area contributed by atoms with Gasteiger partial charge in [-0.25, -0.2) is 4.98 Å². The Morgan fingerprint density at radius 1 is 1.29 bits per heavy atom. The largest absolute Gasteiger partial charge is 0.309 e. The Bertz CT molecular complexity index is 474. The van der Waals surface area contributed by atoms with E-state index in [4.69, 9.17) is 4.98 Å². The molecule has 1 fully saturated rings. The zero-order chi connectivity index (χ0) is 14.8. The Morgan fingerprint density at radius 2 is 2.14 bits per heavy atom. The number of thiazole rings is 1. The molecule has 118 valence electrons. The molecule has 1 aliphatic carbocycles. The fourth-order valence-corrected chi connectivity index (χ4v) is 7.42. The van der Waals surface area contributed by atoms with Crippen LogP contribution in [0.15, 0.2) is 0 Å². The summed E-state index contributed by atoms with van der Waals surface area (Å²) in [6.07, 6.45) is 4.97. The van der Waals surface area contributed by atoms with Gasteiger partial charge in [0, 0.05) is 27.2 Å². The fourth-order valence-electron chi connectivity index (χ4n) is 3.00. The van der Waals surface area contributed by atoms with Crippen LogP contribution in [0, 0.1) is 0 Å². The van der Waals surface area contributed by atoms with Crippen molar-refractivity contribution in [2.24, 2.45) is 0 Å². The third-order valence-corrected chi connectivity index (χ3v) is 9.31. The number of rotatable bonds is 4. The lowest BCUT2D eigenvalue weighted by molar-refractivity contribution is 0.464. The highest BCUT2D eigenvalue weighted by Crippen LogP contribution is 2.47. The predicted octanol–water partition coefficient (Wildman–Crippen LogP) is 4.82. The van der Waals surface area contributed by atoms with Crippen molar-refractivity contribution in [1.29, 1.82) is 0 Å². The summed E-state index contributed by atoms with van der Waals surface area (Å²) in [7, 11) is 0. The summed E-state index contributed by atoms with van der Waals surface area (Å²) in [6.45, 7) is 8.09. The highest BCUT2D eigenvalue weighted by molar-refractivity contribution is 8.07. The van der Waals surface area contributed by atoms with Crippen LogP contribution in [-0.4, -0.2) is 27.8 Å². The zero-order valence-corrected chi connectivity index (χ0v) is 15.7. The van der Waals surface area contributed by atoms with E-state index in [1.807, 2.05) is 11.3 Å². The second-order valence-electron chi connectivity index (χ2n) is 6.13. The molecule has 0 bridgehead atoms. The Kier molecular flexibility index (Phi) is 5.57. The first kappa shape index (κ1) is 16.2. The molecular weight excluding hydrogens is 316 g/mol. The van der Waals surface area contributed by atoms with Gasteiger partial charge >= 0.3 is 0 Å². The minimum absolute atomic E-state index is 0.567. The molecule has 1 saturated heterocycles. The van der Waals surface area contributed by atoms with Crippen LogP contribution < -0.4 is 5.32 Å². The molecular formula is C16H26N2S3. The molecule has 5 heteroatoms. The van der Waals surface area contributed by atoms with E-state index in [1.54, 1.807) is 4.88 Å². The summed E-state index contributed by atoms with van der Waals surface area (Å²) in [5, 5.41) is 7.24. The molecule has 4 unspecified atom stereocenters. The number of fused-ring (bicyclic) bond motifs is 1. The van der Waals surface area contributed by atoms with E-state index < -0.39 is 0 Å². The van der Waals surface area contributed by atoms with E-state index >= 15 is 0 Å². The standard InChI is InChI=1S/C16H26N2S3/c1-4-8-17-12-6-5-7-13-15(12)21-16(18-13)14-9-19-10(2)11(3)20-14/h10-12,14,17H,4-9H2,1-3H3. The second-order valence-corrected chi connectivity index (χ2v) is 10.2. The van der Waals surface area contributed by atoms with Crippen molar-refractivity contribution in [1.82, 2.24) is 10.3 Å². The number of nitrogens with zero attached hydrogens (tertiary/aromatic N) is 1. The van der Waals surface area contributed by atoms with E-state index in [2.05, 4.69) is 49.6 Å².